The van der Waals surface area contributed by atoms with E-state index >= 15 is 0 Å². The molecular weight excluding hydrogens is 257 g/mol. The predicted molar refractivity (Wildman–Crippen MR) is 72.1 cm³/mol. The molecule has 0 heterocycles. The van der Waals surface area contributed by atoms with Gasteiger partial charge in [-0.15, -0.1) is 0 Å². The van der Waals surface area contributed by atoms with Gasteiger partial charge in [-0.25, -0.2) is 0 Å². The van der Waals surface area contributed by atoms with E-state index < -0.39 is 0 Å². The molecule has 2 nitrogen and oxygen atoms in total. The Morgan fingerprint density at radius 3 is 2.35 bits per heavy atom. The average molecular weight is 268 g/mol. The number of halogens is 2. The molecule has 0 bridgehead atoms. The molecule has 0 fully saturated rings. The van der Waals surface area contributed by atoms with Crippen LogP contribution in [0.1, 0.15) is 5.56 Å². The first-order valence-electron chi connectivity index (χ1n) is 5.06. The third-order valence-electron chi connectivity index (χ3n) is 2.37. The van der Waals surface area contributed by atoms with Crippen molar-refractivity contribution >= 4 is 28.9 Å². The molecule has 2 rings (SSSR count). The van der Waals surface area contributed by atoms with Crippen LogP contribution in [-0.2, 0) is 0 Å². The maximum absolute atomic E-state index is 5.92. The van der Waals surface area contributed by atoms with Gasteiger partial charge in [-0.05, 0) is 24.6 Å². The van der Waals surface area contributed by atoms with Crippen LogP contribution < -0.4 is 10.5 Å². The van der Waals surface area contributed by atoms with Crippen molar-refractivity contribution in [3.63, 3.8) is 0 Å². The Morgan fingerprint density at radius 1 is 1.00 bits per heavy atom. The number of aryl methyl sites for hydroxylation is 1. The molecule has 0 aliphatic rings. The fraction of sp³-hybridized carbons (Fsp3) is 0.0769. The highest BCUT2D eigenvalue weighted by Crippen LogP contribution is 2.35. The first-order chi connectivity index (χ1) is 8.08. The molecule has 2 aromatic rings. The van der Waals surface area contributed by atoms with Gasteiger partial charge in [-0.2, -0.15) is 0 Å². The minimum absolute atomic E-state index is 0.418. The van der Waals surface area contributed by atoms with Gasteiger partial charge in [-0.1, -0.05) is 41.4 Å². The van der Waals surface area contributed by atoms with Gasteiger partial charge in [0.1, 0.15) is 5.75 Å². The van der Waals surface area contributed by atoms with Gasteiger partial charge in [-0.3, -0.25) is 0 Å². The summed E-state index contributed by atoms with van der Waals surface area (Å²) in [5.74, 6) is 1.26. The second-order valence-electron chi connectivity index (χ2n) is 3.67. The van der Waals surface area contributed by atoms with E-state index in [2.05, 4.69) is 0 Å². The summed E-state index contributed by atoms with van der Waals surface area (Å²) in [6, 6.07) is 10.9. The predicted octanol–water partition coefficient (Wildman–Crippen LogP) is 4.68. The van der Waals surface area contributed by atoms with Crippen molar-refractivity contribution < 1.29 is 4.74 Å². The third-order valence-corrected chi connectivity index (χ3v) is 3.09. The van der Waals surface area contributed by atoms with Gasteiger partial charge in [0.2, 0.25) is 0 Å². The van der Waals surface area contributed by atoms with Gasteiger partial charge < -0.3 is 10.5 Å². The smallest absolute Gasteiger partial charge is 0.151 e. The molecule has 0 aromatic heterocycles. The minimum Gasteiger partial charge on any atom is -0.455 e. The Labute approximate surface area is 110 Å². The molecule has 0 saturated carbocycles. The number of para-hydroxylation sites is 1. The fourth-order valence-electron chi connectivity index (χ4n) is 1.42. The summed E-state index contributed by atoms with van der Waals surface area (Å²) in [5, 5.41) is 0.839. The van der Waals surface area contributed by atoms with Crippen molar-refractivity contribution in [1.29, 1.82) is 0 Å². The van der Waals surface area contributed by atoms with Crippen LogP contribution in [0.3, 0.4) is 0 Å². The first kappa shape index (κ1) is 12.1. The Bertz CT molecular complexity index is 555. The van der Waals surface area contributed by atoms with E-state index in [9.17, 15) is 0 Å². The molecule has 17 heavy (non-hydrogen) atoms. The van der Waals surface area contributed by atoms with Gasteiger partial charge in [0.25, 0.3) is 0 Å². The second kappa shape index (κ2) is 4.86. The van der Waals surface area contributed by atoms with Crippen LogP contribution in [0.4, 0.5) is 5.69 Å². The molecule has 0 aliphatic carbocycles. The lowest BCUT2D eigenvalue weighted by Gasteiger charge is -2.11. The zero-order chi connectivity index (χ0) is 12.4. The second-order valence-corrected chi connectivity index (χ2v) is 4.49. The van der Waals surface area contributed by atoms with Crippen molar-refractivity contribution in [2.45, 2.75) is 6.92 Å². The summed E-state index contributed by atoms with van der Waals surface area (Å²) in [6.45, 7) is 1.96. The van der Waals surface area contributed by atoms with E-state index in [1.54, 1.807) is 12.1 Å². The quantitative estimate of drug-likeness (QED) is 0.803. The first-order valence-corrected chi connectivity index (χ1v) is 5.81. The molecule has 0 unspecified atom stereocenters. The summed E-state index contributed by atoms with van der Waals surface area (Å²) in [5.41, 5.74) is 7.31. The standard InChI is InChI=1S/C13H11Cl2NO/c1-8-4-2-3-5-12(8)17-13-7-10(15)9(14)6-11(13)16/h2-7H,16H2,1H3. The van der Waals surface area contributed by atoms with Crippen molar-refractivity contribution in [3.05, 3.63) is 52.0 Å². The molecule has 4 heteroatoms. The zero-order valence-electron chi connectivity index (χ0n) is 9.21. The van der Waals surface area contributed by atoms with Crippen LogP contribution in [0.15, 0.2) is 36.4 Å². The molecular formula is C13H11Cl2NO. The molecule has 0 spiro atoms. The molecule has 2 aromatic carbocycles. The van der Waals surface area contributed by atoms with E-state index in [-0.39, 0.29) is 0 Å². The topological polar surface area (TPSA) is 35.2 Å². The zero-order valence-corrected chi connectivity index (χ0v) is 10.7. The van der Waals surface area contributed by atoms with E-state index in [1.807, 2.05) is 31.2 Å². The SMILES string of the molecule is Cc1ccccc1Oc1cc(Cl)c(Cl)cc1N. The van der Waals surface area contributed by atoms with Crippen LogP contribution in [0.5, 0.6) is 11.5 Å². The summed E-state index contributed by atoms with van der Waals surface area (Å²) in [6.07, 6.45) is 0. The molecule has 0 atom stereocenters. The number of benzene rings is 2. The molecule has 2 N–H and O–H groups in total. The van der Waals surface area contributed by atoms with E-state index in [0.29, 0.717) is 21.5 Å². The van der Waals surface area contributed by atoms with Crippen molar-refractivity contribution in [1.82, 2.24) is 0 Å². The highest BCUT2D eigenvalue weighted by Gasteiger charge is 2.08. The summed E-state index contributed by atoms with van der Waals surface area (Å²) < 4.78 is 5.71. The van der Waals surface area contributed by atoms with Crippen molar-refractivity contribution in [2.24, 2.45) is 0 Å². The summed E-state index contributed by atoms with van der Waals surface area (Å²) in [4.78, 5) is 0. The highest BCUT2D eigenvalue weighted by atomic mass is 35.5. The maximum Gasteiger partial charge on any atom is 0.151 e. The van der Waals surface area contributed by atoms with Crippen LogP contribution >= 0.6 is 23.2 Å². The number of nitrogens with two attached hydrogens (primary N) is 1. The van der Waals surface area contributed by atoms with Crippen molar-refractivity contribution in [3.8, 4) is 11.5 Å². The van der Waals surface area contributed by atoms with Crippen LogP contribution in [0, 0.1) is 6.92 Å². The monoisotopic (exact) mass is 267 g/mol. The van der Waals surface area contributed by atoms with Crippen LogP contribution in [0.25, 0.3) is 0 Å². The van der Waals surface area contributed by atoms with E-state index in [1.165, 1.54) is 0 Å². The molecule has 0 saturated heterocycles. The van der Waals surface area contributed by atoms with E-state index in [0.717, 1.165) is 11.3 Å². The molecule has 0 aliphatic heterocycles. The lowest BCUT2D eigenvalue weighted by atomic mass is 10.2. The molecule has 0 radical (unpaired) electrons. The number of ether oxygens (including phenoxy) is 1. The summed E-state index contributed by atoms with van der Waals surface area (Å²) in [7, 11) is 0. The largest absolute Gasteiger partial charge is 0.455 e. The Morgan fingerprint density at radius 2 is 1.65 bits per heavy atom. The normalized spacial score (nSPS) is 10.3. The molecule has 0 amide bonds. The molecule has 88 valence electrons. The Kier molecular flexibility index (Phi) is 3.46. The average Bonchev–Trinajstić information content (AvgIpc) is 2.29. The van der Waals surface area contributed by atoms with Crippen LogP contribution in [-0.4, -0.2) is 0 Å². The number of nitrogen functional groups attached to an aromatic ring is 1. The summed E-state index contributed by atoms with van der Waals surface area (Å²) >= 11 is 11.8. The van der Waals surface area contributed by atoms with E-state index in [4.69, 9.17) is 33.7 Å². The fourth-order valence-corrected chi connectivity index (χ4v) is 1.75. The Balaban J connectivity index is 2.37. The number of rotatable bonds is 2. The number of anilines is 1. The lowest BCUT2D eigenvalue weighted by molar-refractivity contribution is 0.481. The van der Waals surface area contributed by atoms with Gasteiger partial charge >= 0.3 is 0 Å². The van der Waals surface area contributed by atoms with Gasteiger partial charge in [0, 0.05) is 6.07 Å². The van der Waals surface area contributed by atoms with Gasteiger partial charge in [0.05, 0.1) is 15.7 Å². The number of hydrogen-bond acceptors (Lipinski definition) is 2. The minimum atomic E-state index is 0.418. The van der Waals surface area contributed by atoms with Crippen molar-refractivity contribution in [2.75, 3.05) is 5.73 Å². The highest BCUT2D eigenvalue weighted by molar-refractivity contribution is 6.42. The van der Waals surface area contributed by atoms with Crippen LogP contribution in [0.2, 0.25) is 10.0 Å². The van der Waals surface area contributed by atoms with Gasteiger partial charge in [0.15, 0.2) is 5.75 Å². The maximum atomic E-state index is 5.92. The third kappa shape index (κ3) is 2.65. The number of hydrogen-bond donors (Lipinski definition) is 1. The lowest BCUT2D eigenvalue weighted by Crippen LogP contribution is -1.93. The Hall–Kier alpha value is -1.38.